The average molecular weight is 282 g/mol. The number of hydrogen-bond acceptors (Lipinski definition) is 9. The van der Waals surface area contributed by atoms with E-state index in [1.165, 1.54) is 6.92 Å². The maximum absolute atomic E-state index is 11.5. The minimum atomic E-state index is -0.838. The second-order valence-electron chi connectivity index (χ2n) is 4.15. The first-order chi connectivity index (χ1) is 9.13. The first kappa shape index (κ1) is 12.0. The molecule has 19 heavy (non-hydrogen) atoms. The van der Waals surface area contributed by atoms with Gasteiger partial charge in [-0.25, -0.2) is 4.79 Å². The third-order valence-electron chi connectivity index (χ3n) is 2.56. The van der Waals surface area contributed by atoms with Crippen LogP contribution in [0.15, 0.2) is 21.9 Å². The largest absolute Gasteiger partial charge is 0.479 e. The van der Waals surface area contributed by atoms with Crippen LogP contribution >= 0.6 is 11.5 Å². The molecule has 1 aromatic heterocycles. The van der Waals surface area contributed by atoms with E-state index in [-0.39, 0.29) is 5.70 Å². The molecule has 1 unspecified atom stereocenters. The van der Waals surface area contributed by atoms with Crippen LogP contribution < -0.4 is 0 Å². The van der Waals surface area contributed by atoms with Crippen molar-refractivity contribution in [1.82, 2.24) is 9.36 Å². The summed E-state index contributed by atoms with van der Waals surface area (Å²) in [6, 6.07) is 0. The van der Waals surface area contributed by atoms with Crippen LogP contribution in [0, 0.1) is 0 Å². The van der Waals surface area contributed by atoms with Gasteiger partial charge in [-0.3, -0.25) is 0 Å². The summed E-state index contributed by atoms with van der Waals surface area (Å²) in [7, 11) is 0. The number of carbonyl (C=O) groups is 1. The summed E-state index contributed by atoms with van der Waals surface area (Å²) in [6.07, 6.45) is 1.35. The van der Waals surface area contributed by atoms with Crippen molar-refractivity contribution < 1.29 is 19.4 Å². The van der Waals surface area contributed by atoms with Gasteiger partial charge in [0.1, 0.15) is 5.82 Å². The molecule has 1 aliphatic heterocycles. The highest BCUT2D eigenvalue weighted by molar-refractivity contribution is 7.09. The van der Waals surface area contributed by atoms with Crippen molar-refractivity contribution in [3.63, 3.8) is 0 Å². The highest BCUT2D eigenvalue weighted by Crippen LogP contribution is 2.39. The number of aliphatic hydroxyl groups is 1. The van der Waals surface area contributed by atoms with Crippen LogP contribution in [0.5, 0.6) is 0 Å². The molecule has 1 fully saturated rings. The van der Waals surface area contributed by atoms with Crippen molar-refractivity contribution in [3.05, 3.63) is 17.5 Å². The van der Waals surface area contributed by atoms with E-state index in [1.54, 1.807) is 0 Å². The lowest BCUT2D eigenvalue weighted by atomic mass is 10.4. The number of hydrogen-bond donors (Lipinski definition) is 1. The van der Waals surface area contributed by atoms with Crippen molar-refractivity contribution >= 4 is 22.6 Å². The van der Waals surface area contributed by atoms with Crippen molar-refractivity contribution in [3.8, 4) is 0 Å². The molecule has 0 amide bonds. The average Bonchev–Trinajstić information content (AvgIpc) is 3.08. The lowest BCUT2D eigenvalue weighted by Gasteiger charge is -2.19. The molecule has 1 saturated carbocycles. The van der Waals surface area contributed by atoms with Crippen molar-refractivity contribution in [1.29, 1.82) is 0 Å². The normalized spacial score (nSPS) is 23.6. The number of rotatable bonds is 3. The van der Waals surface area contributed by atoms with E-state index < -0.39 is 18.2 Å². The molecular weight excluding hydrogens is 272 g/mol. The van der Waals surface area contributed by atoms with Gasteiger partial charge < -0.3 is 14.6 Å². The molecule has 0 saturated heterocycles. The van der Waals surface area contributed by atoms with Crippen LogP contribution in [-0.4, -0.2) is 26.7 Å². The maximum atomic E-state index is 11.5. The minimum Gasteiger partial charge on any atom is -0.479 e. The number of aliphatic hydroxyl groups excluding tert-OH is 1. The molecule has 3 rings (SSSR count). The summed E-state index contributed by atoms with van der Waals surface area (Å²) in [6.45, 7) is 1.48. The molecule has 2 aliphatic rings. The predicted molar refractivity (Wildman–Crippen MR) is 62.7 cm³/mol. The molecular formula is C10H10N4O4S. The number of nitrogens with zero attached hydrogens (tertiary/aromatic N) is 4. The summed E-state index contributed by atoms with van der Waals surface area (Å²) >= 11 is 1.09. The third kappa shape index (κ3) is 2.55. The van der Waals surface area contributed by atoms with E-state index in [0.717, 1.165) is 30.2 Å². The molecule has 0 bridgehead atoms. The summed E-state index contributed by atoms with van der Waals surface area (Å²) in [4.78, 5) is 15.6. The molecule has 9 heteroatoms. The van der Waals surface area contributed by atoms with E-state index in [4.69, 9.17) is 9.47 Å². The van der Waals surface area contributed by atoms with E-state index in [1.807, 2.05) is 0 Å². The molecule has 1 aliphatic carbocycles. The summed E-state index contributed by atoms with van der Waals surface area (Å²) in [5, 5.41) is 17.2. The Kier molecular flexibility index (Phi) is 2.90. The van der Waals surface area contributed by atoms with Crippen molar-refractivity contribution in [2.45, 2.75) is 32.0 Å². The zero-order valence-electron chi connectivity index (χ0n) is 9.94. The van der Waals surface area contributed by atoms with Gasteiger partial charge >= 0.3 is 11.9 Å². The quantitative estimate of drug-likeness (QED) is 0.672. The van der Waals surface area contributed by atoms with Gasteiger partial charge in [0.2, 0.25) is 11.4 Å². The third-order valence-corrected chi connectivity index (χ3v) is 3.17. The summed E-state index contributed by atoms with van der Waals surface area (Å²) in [5.74, 6) is -0.198. The minimum absolute atomic E-state index is 0.327. The zero-order chi connectivity index (χ0) is 13.4. The van der Waals surface area contributed by atoms with E-state index in [9.17, 15) is 9.90 Å². The van der Waals surface area contributed by atoms with E-state index in [2.05, 4.69) is 19.6 Å². The number of aromatic nitrogens is 2. The standard InChI is InChI=1S/C10H10N4O4S/c1-4-17-8(15)6(9(16)18-4)12-13-10-11-7(14-19-10)5-2-3-5/h4-5,15H,2-3H2,1H3. The molecule has 0 aromatic carbocycles. The number of cyclic esters (lactones) is 1. The Hall–Kier alpha value is -2.03. The van der Waals surface area contributed by atoms with Crippen LogP contribution in [0.25, 0.3) is 0 Å². The van der Waals surface area contributed by atoms with Crippen LogP contribution in [0.4, 0.5) is 5.13 Å². The first-order valence-electron chi connectivity index (χ1n) is 5.69. The number of esters is 1. The van der Waals surface area contributed by atoms with Gasteiger partial charge in [0.05, 0.1) is 0 Å². The van der Waals surface area contributed by atoms with Gasteiger partial charge in [0.15, 0.2) is 0 Å². The lowest BCUT2D eigenvalue weighted by molar-refractivity contribution is -0.179. The molecule has 0 radical (unpaired) electrons. The Balaban J connectivity index is 1.77. The molecule has 100 valence electrons. The molecule has 1 N–H and O–H groups in total. The Bertz CT molecular complexity index is 578. The second kappa shape index (κ2) is 4.57. The first-order valence-corrected chi connectivity index (χ1v) is 6.47. The second-order valence-corrected chi connectivity index (χ2v) is 4.88. The fraction of sp³-hybridized carbons (Fsp3) is 0.500. The van der Waals surface area contributed by atoms with Crippen LogP contribution in [0.1, 0.15) is 31.5 Å². The van der Waals surface area contributed by atoms with Crippen LogP contribution in [0.3, 0.4) is 0 Å². The highest BCUT2D eigenvalue weighted by Gasteiger charge is 2.29. The topological polar surface area (TPSA) is 106 Å². The number of ether oxygens (including phenoxy) is 2. The SMILES string of the molecule is CC1OC(=O)C(N=Nc2nc(C3CC3)ns2)=C(O)O1. The highest BCUT2D eigenvalue weighted by atomic mass is 32.1. The van der Waals surface area contributed by atoms with Gasteiger partial charge in [0.25, 0.3) is 5.70 Å². The Labute approximate surface area is 112 Å². The molecule has 1 aromatic rings. The van der Waals surface area contributed by atoms with E-state index in [0.29, 0.717) is 11.0 Å². The van der Waals surface area contributed by atoms with Crippen molar-refractivity contribution in [2.24, 2.45) is 10.2 Å². The van der Waals surface area contributed by atoms with Gasteiger partial charge in [-0.15, -0.1) is 10.2 Å². The number of carbonyl (C=O) groups excluding carboxylic acids is 1. The molecule has 8 nitrogen and oxygen atoms in total. The monoisotopic (exact) mass is 282 g/mol. The molecule has 1 atom stereocenters. The molecule has 2 heterocycles. The van der Waals surface area contributed by atoms with Gasteiger partial charge in [-0.2, -0.15) is 9.36 Å². The smallest absolute Gasteiger partial charge is 0.369 e. The molecule has 0 spiro atoms. The van der Waals surface area contributed by atoms with Crippen LogP contribution in [-0.2, 0) is 14.3 Å². The van der Waals surface area contributed by atoms with Gasteiger partial charge in [0, 0.05) is 24.4 Å². The maximum Gasteiger partial charge on any atom is 0.369 e. The van der Waals surface area contributed by atoms with Gasteiger partial charge in [-0.1, -0.05) is 0 Å². The number of azo groups is 1. The Morgan fingerprint density at radius 1 is 1.37 bits per heavy atom. The van der Waals surface area contributed by atoms with Crippen molar-refractivity contribution in [2.75, 3.05) is 0 Å². The lowest BCUT2D eigenvalue weighted by Crippen LogP contribution is -2.25. The Morgan fingerprint density at radius 3 is 2.84 bits per heavy atom. The summed E-state index contributed by atoms with van der Waals surface area (Å²) in [5.41, 5.74) is -0.374. The van der Waals surface area contributed by atoms with Gasteiger partial charge in [-0.05, 0) is 12.8 Å². The fourth-order valence-electron chi connectivity index (χ4n) is 1.48. The van der Waals surface area contributed by atoms with E-state index >= 15 is 0 Å². The zero-order valence-corrected chi connectivity index (χ0v) is 10.8. The summed E-state index contributed by atoms with van der Waals surface area (Å²) < 4.78 is 13.7. The fourth-order valence-corrected chi connectivity index (χ4v) is 2.06. The van der Waals surface area contributed by atoms with Crippen LogP contribution in [0.2, 0.25) is 0 Å². The Morgan fingerprint density at radius 2 is 2.16 bits per heavy atom. The predicted octanol–water partition coefficient (Wildman–Crippen LogP) is 2.15.